The topological polar surface area (TPSA) is 47.6 Å². The molecule has 0 heterocycles. The van der Waals surface area contributed by atoms with Crippen molar-refractivity contribution in [3.63, 3.8) is 0 Å². The fourth-order valence-corrected chi connectivity index (χ4v) is 2.33. The summed E-state index contributed by atoms with van der Waals surface area (Å²) in [5.41, 5.74) is -1.96. The fraction of sp³-hybridized carbons (Fsp3) is 0.588. The minimum absolute atomic E-state index is 0.0514. The Morgan fingerprint density at radius 1 is 1.21 bits per heavy atom. The van der Waals surface area contributed by atoms with E-state index in [1.807, 2.05) is 13.8 Å². The molecule has 0 aromatic heterocycles. The first kappa shape index (κ1) is 20.3. The smallest absolute Gasteiger partial charge is 0.420 e. The number of benzene rings is 1. The summed E-state index contributed by atoms with van der Waals surface area (Å²) in [6, 6.07) is 3.42. The Morgan fingerprint density at radius 3 is 2.38 bits per heavy atom. The number of halogens is 3. The first-order chi connectivity index (χ1) is 11.2. The van der Waals surface area contributed by atoms with Gasteiger partial charge in [0.2, 0.25) is 0 Å². The predicted molar refractivity (Wildman–Crippen MR) is 86.2 cm³/mol. The molecule has 1 unspecified atom stereocenters. The Balaban J connectivity index is 3.04. The van der Waals surface area contributed by atoms with Crippen molar-refractivity contribution in [2.24, 2.45) is 0 Å². The third kappa shape index (κ3) is 5.12. The number of ether oxygens (including phenoxy) is 2. The standard InChI is InChI=1S/C17H24F3NO3/c1-5-9-16(3,24-10-6-2)15(22)21-12-7-8-14(23-4)13(11-12)17(18,19)20/h7-8,11H,5-6,9-10H2,1-4H3,(H,21,22). The number of rotatable bonds is 8. The van der Waals surface area contributed by atoms with Gasteiger partial charge in [-0.05, 0) is 38.0 Å². The quantitative estimate of drug-likeness (QED) is 0.745. The Hall–Kier alpha value is -1.76. The fourth-order valence-electron chi connectivity index (χ4n) is 2.33. The number of methoxy groups -OCH3 is 1. The Kier molecular flexibility index (Phi) is 7.08. The molecule has 0 aliphatic rings. The van der Waals surface area contributed by atoms with Crippen molar-refractivity contribution in [3.05, 3.63) is 23.8 Å². The van der Waals surface area contributed by atoms with E-state index < -0.39 is 23.2 Å². The van der Waals surface area contributed by atoms with E-state index in [1.54, 1.807) is 6.92 Å². The Morgan fingerprint density at radius 2 is 1.88 bits per heavy atom. The molecular formula is C17H24F3NO3. The van der Waals surface area contributed by atoms with E-state index in [4.69, 9.17) is 9.47 Å². The number of alkyl halides is 3. The molecule has 0 saturated carbocycles. The Bertz CT molecular complexity index is 561. The maximum absolute atomic E-state index is 13.1. The maximum atomic E-state index is 13.1. The van der Waals surface area contributed by atoms with Gasteiger partial charge in [-0.3, -0.25) is 4.79 Å². The van der Waals surface area contributed by atoms with Crippen molar-refractivity contribution in [2.45, 2.75) is 51.8 Å². The molecule has 1 aromatic carbocycles. The average molecular weight is 347 g/mol. The lowest BCUT2D eigenvalue weighted by Gasteiger charge is -2.28. The highest BCUT2D eigenvalue weighted by Gasteiger charge is 2.36. The van der Waals surface area contributed by atoms with Gasteiger partial charge in [-0.2, -0.15) is 13.2 Å². The van der Waals surface area contributed by atoms with E-state index in [-0.39, 0.29) is 11.4 Å². The van der Waals surface area contributed by atoms with E-state index in [1.165, 1.54) is 19.2 Å². The molecule has 1 rings (SSSR count). The zero-order valence-electron chi connectivity index (χ0n) is 14.4. The molecule has 1 aromatic rings. The molecule has 7 heteroatoms. The third-order valence-corrected chi connectivity index (χ3v) is 3.59. The van der Waals surface area contributed by atoms with E-state index in [0.717, 1.165) is 12.5 Å². The summed E-state index contributed by atoms with van der Waals surface area (Å²) in [5, 5.41) is 2.52. The summed E-state index contributed by atoms with van der Waals surface area (Å²) in [7, 11) is 1.17. The van der Waals surface area contributed by atoms with E-state index in [0.29, 0.717) is 19.4 Å². The van der Waals surface area contributed by atoms with Crippen LogP contribution >= 0.6 is 0 Å². The molecule has 0 fully saturated rings. The van der Waals surface area contributed by atoms with Crippen LogP contribution in [0.3, 0.4) is 0 Å². The van der Waals surface area contributed by atoms with Gasteiger partial charge in [0.05, 0.1) is 12.7 Å². The predicted octanol–water partition coefficient (Wildman–Crippen LogP) is 4.64. The largest absolute Gasteiger partial charge is 0.496 e. The minimum Gasteiger partial charge on any atom is -0.496 e. The van der Waals surface area contributed by atoms with Gasteiger partial charge in [0.15, 0.2) is 0 Å². The van der Waals surface area contributed by atoms with Crippen LogP contribution in [-0.4, -0.2) is 25.2 Å². The minimum atomic E-state index is -4.57. The molecule has 0 aliphatic heterocycles. The molecule has 0 bridgehead atoms. The number of hydrogen-bond donors (Lipinski definition) is 1. The van der Waals surface area contributed by atoms with Gasteiger partial charge in [0.1, 0.15) is 11.4 Å². The zero-order chi connectivity index (χ0) is 18.4. The molecule has 0 saturated heterocycles. The second-order valence-corrected chi connectivity index (χ2v) is 5.70. The van der Waals surface area contributed by atoms with Crippen molar-refractivity contribution in [3.8, 4) is 5.75 Å². The van der Waals surface area contributed by atoms with Crippen LogP contribution in [0, 0.1) is 0 Å². The van der Waals surface area contributed by atoms with Crippen LogP contribution in [0.25, 0.3) is 0 Å². The summed E-state index contributed by atoms with van der Waals surface area (Å²) < 4.78 is 49.5. The number of anilines is 1. The van der Waals surface area contributed by atoms with Gasteiger partial charge in [-0.15, -0.1) is 0 Å². The molecule has 0 radical (unpaired) electrons. The summed E-state index contributed by atoms with van der Waals surface area (Å²) in [6.45, 7) is 5.88. The van der Waals surface area contributed by atoms with E-state index >= 15 is 0 Å². The molecule has 0 spiro atoms. The normalized spacial score (nSPS) is 14.1. The third-order valence-electron chi connectivity index (χ3n) is 3.59. The zero-order valence-corrected chi connectivity index (χ0v) is 14.4. The molecule has 1 atom stereocenters. The summed E-state index contributed by atoms with van der Waals surface area (Å²) in [6.07, 6.45) is -2.64. The Labute approximate surface area is 140 Å². The van der Waals surface area contributed by atoms with Gasteiger partial charge in [0.25, 0.3) is 5.91 Å². The highest BCUT2D eigenvalue weighted by molar-refractivity contribution is 5.97. The summed E-state index contributed by atoms with van der Waals surface area (Å²) in [4.78, 5) is 12.5. The summed E-state index contributed by atoms with van der Waals surface area (Å²) >= 11 is 0. The van der Waals surface area contributed by atoms with Crippen LogP contribution in [0.1, 0.15) is 45.6 Å². The van der Waals surface area contributed by atoms with Crippen molar-refractivity contribution >= 4 is 11.6 Å². The van der Waals surface area contributed by atoms with Crippen LogP contribution in [-0.2, 0) is 15.7 Å². The van der Waals surface area contributed by atoms with Gasteiger partial charge in [-0.25, -0.2) is 0 Å². The van der Waals surface area contributed by atoms with E-state index in [2.05, 4.69) is 5.32 Å². The highest BCUT2D eigenvalue weighted by atomic mass is 19.4. The van der Waals surface area contributed by atoms with Crippen LogP contribution in [0.2, 0.25) is 0 Å². The molecule has 4 nitrogen and oxygen atoms in total. The molecule has 1 N–H and O–H groups in total. The first-order valence-electron chi connectivity index (χ1n) is 7.88. The second-order valence-electron chi connectivity index (χ2n) is 5.70. The molecule has 136 valence electrons. The summed E-state index contributed by atoms with van der Waals surface area (Å²) in [5.74, 6) is -0.754. The second kappa shape index (κ2) is 8.37. The van der Waals surface area contributed by atoms with Crippen LogP contribution in [0.15, 0.2) is 18.2 Å². The SMILES string of the molecule is CCCOC(C)(CCC)C(=O)Nc1ccc(OC)c(C(F)(F)F)c1. The monoisotopic (exact) mass is 347 g/mol. The van der Waals surface area contributed by atoms with Crippen molar-refractivity contribution in [1.82, 2.24) is 0 Å². The van der Waals surface area contributed by atoms with Gasteiger partial charge in [-0.1, -0.05) is 20.3 Å². The maximum Gasteiger partial charge on any atom is 0.420 e. The van der Waals surface area contributed by atoms with Crippen molar-refractivity contribution in [1.29, 1.82) is 0 Å². The lowest BCUT2D eigenvalue weighted by molar-refractivity contribution is -0.141. The lowest BCUT2D eigenvalue weighted by atomic mass is 9.98. The first-order valence-corrected chi connectivity index (χ1v) is 7.88. The van der Waals surface area contributed by atoms with E-state index in [9.17, 15) is 18.0 Å². The van der Waals surface area contributed by atoms with Crippen LogP contribution < -0.4 is 10.1 Å². The number of carbonyl (C=O) groups excluding carboxylic acids is 1. The molecule has 0 aliphatic carbocycles. The number of carbonyl (C=O) groups is 1. The number of amides is 1. The van der Waals surface area contributed by atoms with Crippen LogP contribution in [0.4, 0.5) is 18.9 Å². The molecule has 24 heavy (non-hydrogen) atoms. The van der Waals surface area contributed by atoms with Crippen molar-refractivity contribution in [2.75, 3.05) is 19.0 Å². The molecular weight excluding hydrogens is 323 g/mol. The van der Waals surface area contributed by atoms with Gasteiger partial charge >= 0.3 is 6.18 Å². The number of hydrogen-bond acceptors (Lipinski definition) is 3. The van der Waals surface area contributed by atoms with Crippen molar-refractivity contribution < 1.29 is 27.4 Å². The van der Waals surface area contributed by atoms with Gasteiger partial charge < -0.3 is 14.8 Å². The van der Waals surface area contributed by atoms with Gasteiger partial charge in [0, 0.05) is 12.3 Å². The number of nitrogens with one attached hydrogen (secondary N) is 1. The average Bonchev–Trinajstić information content (AvgIpc) is 2.52. The highest BCUT2D eigenvalue weighted by Crippen LogP contribution is 2.38. The lowest BCUT2D eigenvalue weighted by Crippen LogP contribution is -2.43. The molecule has 1 amide bonds. The van der Waals surface area contributed by atoms with Crippen LogP contribution in [0.5, 0.6) is 5.75 Å².